The number of nitrogens with one attached hydrogen (secondary N) is 1. The topological polar surface area (TPSA) is 57.9 Å². The van der Waals surface area contributed by atoms with Crippen LogP contribution in [0.3, 0.4) is 0 Å². The standard InChI is InChI=1S/C10H9N3OS/c1-6-3-7(14-2)9-8(4-6)15-10(13-9)12-5-11/h3-4H,1-2H3,(H,12,13). The highest BCUT2D eigenvalue weighted by Crippen LogP contribution is 2.33. The number of ether oxygens (including phenoxy) is 1. The van der Waals surface area contributed by atoms with Gasteiger partial charge in [0.1, 0.15) is 11.3 Å². The van der Waals surface area contributed by atoms with Gasteiger partial charge in [-0.3, -0.25) is 5.32 Å². The van der Waals surface area contributed by atoms with Crippen molar-refractivity contribution in [1.29, 1.82) is 5.26 Å². The van der Waals surface area contributed by atoms with Crippen molar-refractivity contribution < 1.29 is 4.74 Å². The molecule has 1 aromatic carbocycles. The first-order valence-electron chi connectivity index (χ1n) is 4.35. The van der Waals surface area contributed by atoms with E-state index in [9.17, 15) is 0 Å². The van der Waals surface area contributed by atoms with Crippen LogP contribution in [0.4, 0.5) is 5.13 Å². The molecule has 1 N–H and O–H groups in total. The summed E-state index contributed by atoms with van der Waals surface area (Å²) in [5.41, 5.74) is 1.91. The third kappa shape index (κ3) is 1.72. The normalized spacial score (nSPS) is 9.93. The Morgan fingerprint density at radius 1 is 1.53 bits per heavy atom. The van der Waals surface area contributed by atoms with Crippen molar-refractivity contribution in [2.24, 2.45) is 0 Å². The Balaban J connectivity index is 2.64. The van der Waals surface area contributed by atoms with Crippen molar-refractivity contribution in [2.45, 2.75) is 6.92 Å². The van der Waals surface area contributed by atoms with Crippen molar-refractivity contribution >= 4 is 26.7 Å². The average Bonchev–Trinajstić information content (AvgIpc) is 2.59. The van der Waals surface area contributed by atoms with Crippen molar-refractivity contribution in [1.82, 2.24) is 4.98 Å². The molecule has 76 valence electrons. The molecule has 2 rings (SSSR count). The molecule has 0 spiro atoms. The zero-order valence-corrected chi connectivity index (χ0v) is 9.18. The van der Waals surface area contributed by atoms with E-state index in [1.54, 1.807) is 7.11 Å². The van der Waals surface area contributed by atoms with Gasteiger partial charge in [-0.15, -0.1) is 0 Å². The Hall–Kier alpha value is -1.80. The minimum absolute atomic E-state index is 0.594. The largest absolute Gasteiger partial charge is 0.494 e. The molecule has 2 aromatic rings. The van der Waals surface area contributed by atoms with E-state index < -0.39 is 0 Å². The summed E-state index contributed by atoms with van der Waals surface area (Å²) in [4.78, 5) is 4.27. The van der Waals surface area contributed by atoms with Gasteiger partial charge in [0.2, 0.25) is 0 Å². The number of fused-ring (bicyclic) bond motifs is 1. The van der Waals surface area contributed by atoms with Gasteiger partial charge >= 0.3 is 0 Å². The maximum atomic E-state index is 8.50. The lowest BCUT2D eigenvalue weighted by Crippen LogP contribution is -1.87. The molecule has 0 radical (unpaired) electrons. The van der Waals surface area contributed by atoms with E-state index in [2.05, 4.69) is 10.3 Å². The smallest absolute Gasteiger partial charge is 0.197 e. The minimum atomic E-state index is 0.594. The van der Waals surface area contributed by atoms with E-state index in [4.69, 9.17) is 10.00 Å². The summed E-state index contributed by atoms with van der Waals surface area (Å²) in [6.45, 7) is 2.00. The van der Waals surface area contributed by atoms with Crippen LogP contribution in [0.15, 0.2) is 12.1 Å². The number of nitrogens with zero attached hydrogens (tertiary/aromatic N) is 2. The van der Waals surface area contributed by atoms with E-state index in [0.717, 1.165) is 21.5 Å². The van der Waals surface area contributed by atoms with E-state index >= 15 is 0 Å². The first kappa shape index (κ1) is 9.74. The van der Waals surface area contributed by atoms with Crippen LogP contribution in [0.1, 0.15) is 5.56 Å². The highest BCUT2D eigenvalue weighted by Gasteiger charge is 2.09. The third-order valence-electron chi connectivity index (χ3n) is 1.99. The Kier molecular flexibility index (Phi) is 2.44. The summed E-state index contributed by atoms with van der Waals surface area (Å²) in [5, 5.41) is 11.6. The highest BCUT2D eigenvalue weighted by molar-refractivity contribution is 7.22. The van der Waals surface area contributed by atoms with E-state index in [0.29, 0.717) is 5.13 Å². The Morgan fingerprint density at radius 3 is 3.00 bits per heavy atom. The number of thiazole rings is 1. The maximum Gasteiger partial charge on any atom is 0.197 e. The number of anilines is 1. The first-order chi connectivity index (χ1) is 7.24. The van der Waals surface area contributed by atoms with Crippen LogP contribution in [0.2, 0.25) is 0 Å². The molecule has 0 saturated carbocycles. The van der Waals surface area contributed by atoms with Gasteiger partial charge in [-0.25, -0.2) is 4.98 Å². The van der Waals surface area contributed by atoms with Crippen LogP contribution in [0, 0.1) is 18.4 Å². The monoisotopic (exact) mass is 219 g/mol. The first-order valence-corrected chi connectivity index (χ1v) is 5.16. The van der Waals surface area contributed by atoms with Crippen LogP contribution in [-0.4, -0.2) is 12.1 Å². The lowest BCUT2D eigenvalue weighted by atomic mass is 10.2. The molecule has 5 heteroatoms. The lowest BCUT2D eigenvalue weighted by molar-refractivity contribution is 0.419. The molecule has 0 fully saturated rings. The van der Waals surface area contributed by atoms with Crippen molar-refractivity contribution in [3.8, 4) is 11.9 Å². The number of benzene rings is 1. The van der Waals surface area contributed by atoms with Gasteiger partial charge < -0.3 is 4.74 Å². The highest BCUT2D eigenvalue weighted by atomic mass is 32.1. The summed E-state index contributed by atoms with van der Waals surface area (Å²) >= 11 is 1.44. The molecule has 0 aliphatic heterocycles. The van der Waals surface area contributed by atoms with Crippen molar-refractivity contribution in [3.05, 3.63) is 17.7 Å². The molecule has 0 aliphatic carbocycles. The van der Waals surface area contributed by atoms with Gasteiger partial charge in [0.15, 0.2) is 11.3 Å². The molecule has 0 amide bonds. The molecule has 1 heterocycles. The quantitative estimate of drug-likeness (QED) is 0.622. The second-order valence-electron chi connectivity index (χ2n) is 3.07. The predicted molar refractivity (Wildman–Crippen MR) is 60.1 cm³/mol. The van der Waals surface area contributed by atoms with Gasteiger partial charge in [0.05, 0.1) is 11.8 Å². The SMILES string of the molecule is COc1cc(C)cc2sc(NC#N)nc12. The zero-order valence-electron chi connectivity index (χ0n) is 8.37. The van der Waals surface area contributed by atoms with Gasteiger partial charge in [0, 0.05) is 0 Å². The van der Waals surface area contributed by atoms with Crippen molar-refractivity contribution in [2.75, 3.05) is 12.4 Å². The molecular formula is C10H9N3OS. The number of nitriles is 1. The maximum absolute atomic E-state index is 8.50. The van der Waals surface area contributed by atoms with Crippen LogP contribution >= 0.6 is 11.3 Å². The molecule has 0 atom stereocenters. The summed E-state index contributed by atoms with van der Waals surface area (Å²) in [6.07, 6.45) is 1.85. The molecule has 0 unspecified atom stereocenters. The summed E-state index contributed by atoms with van der Waals surface area (Å²) in [7, 11) is 1.62. The summed E-state index contributed by atoms with van der Waals surface area (Å²) in [6, 6.07) is 3.95. The number of aryl methyl sites for hydroxylation is 1. The van der Waals surface area contributed by atoms with E-state index in [1.165, 1.54) is 11.3 Å². The number of hydrogen-bond acceptors (Lipinski definition) is 5. The van der Waals surface area contributed by atoms with Gasteiger partial charge in [-0.2, -0.15) is 5.26 Å². The fourth-order valence-corrected chi connectivity index (χ4v) is 2.32. The summed E-state index contributed by atoms with van der Waals surface area (Å²) < 4.78 is 6.25. The van der Waals surface area contributed by atoms with Crippen LogP contribution in [0.25, 0.3) is 10.2 Å². The number of rotatable bonds is 2. The van der Waals surface area contributed by atoms with Gasteiger partial charge in [-0.05, 0) is 24.6 Å². The predicted octanol–water partition coefficient (Wildman–Crippen LogP) is 2.51. The van der Waals surface area contributed by atoms with Gasteiger partial charge in [-0.1, -0.05) is 11.3 Å². The molecule has 0 saturated heterocycles. The molecule has 15 heavy (non-hydrogen) atoms. The van der Waals surface area contributed by atoms with Crippen molar-refractivity contribution in [3.63, 3.8) is 0 Å². The fraction of sp³-hybridized carbons (Fsp3) is 0.200. The Morgan fingerprint density at radius 2 is 2.33 bits per heavy atom. The van der Waals surface area contributed by atoms with Crippen LogP contribution in [0.5, 0.6) is 5.75 Å². The lowest BCUT2D eigenvalue weighted by Gasteiger charge is -2.01. The zero-order chi connectivity index (χ0) is 10.8. The summed E-state index contributed by atoms with van der Waals surface area (Å²) in [5.74, 6) is 0.743. The third-order valence-corrected chi connectivity index (χ3v) is 2.90. The molecular weight excluding hydrogens is 210 g/mol. The number of aromatic nitrogens is 1. The average molecular weight is 219 g/mol. The second-order valence-corrected chi connectivity index (χ2v) is 4.10. The fourth-order valence-electron chi connectivity index (χ4n) is 1.39. The van der Waals surface area contributed by atoms with E-state index in [-0.39, 0.29) is 0 Å². The molecule has 0 aliphatic rings. The number of methoxy groups -OCH3 is 1. The molecule has 0 bridgehead atoms. The molecule has 1 aromatic heterocycles. The number of hydrogen-bond donors (Lipinski definition) is 1. The Labute approximate surface area is 91.1 Å². The minimum Gasteiger partial charge on any atom is -0.494 e. The second kappa shape index (κ2) is 3.75. The van der Waals surface area contributed by atoms with Crippen LogP contribution < -0.4 is 10.1 Å². The Bertz CT molecular complexity index is 541. The van der Waals surface area contributed by atoms with Crippen LogP contribution in [-0.2, 0) is 0 Å². The molecule has 4 nitrogen and oxygen atoms in total. The van der Waals surface area contributed by atoms with Gasteiger partial charge in [0.25, 0.3) is 0 Å². The van der Waals surface area contributed by atoms with E-state index in [1.807, 2.05) is 25.2 Å².